The number of aromatic hydroxyl groups is 1. The highest BCUT2D eigenvalue weighted by molar-refractivity contribution is 9.10. The van der Waals surface area contributed by atoms with Crippen LogP contribution in [-0.2, 0) is 6.54 Å². The van der Waals surface area contributed by atoms with Gasteiger partial charge in [-0.3, -0.25) is 0 Å². The van der Waals surface area contributed by atoms with Crippen LogP contribution in [0.1, 0.15) is 12.5 Å². The van der Waals surface area contributed by atoms with Crippen molar-refractivity contribution in [3.05, 3.63) is 28.2 Å². The zero-order valence-corrected chi connectivity index (χ0v) is 9.58. The van der Waals surface area contributed by atoms with Gasteiger partial charge in [0, 0.05) is 12.6 Å². The molecule has 1 atom stereocenters. The largest absolute Gasteiger partial charge is 0.507 e. The fourth-order valence-electron chi connectivity index (χ4n) is 1.02. The van der Waals surface area contributed by atoms with Crippen LogP contribution in [0.15, 0.2) is 22.7 Å². The first-order valence-corrected chi connectivity index (χ1v) is 5.24. The number of phenolic OH excluding ortho intramolecular Hbond substituents is 1. The van der Waals surface area contributed by atoms with E-state index in [4.69, 9.17) is 5.11 Å². The van der Waals surface area contributed by atoms with Gasteiger partial charge in [-0.15, -0.1) is 0 Å². The molecule has 0 saturated carbocycles. The van der Waals surface area contributed by atoms with Gasteiger partial charge in [-0.1, -0.05) is 6.07 Å². The number of aliphatic hydroxyl groups excluding tert-OH is 1. The van der Waals surface area contributed by atoms with Crippen LogP contribution in [0.2, 0.25) is 0 Å². The Bertz CT molecular complexity index is 304. The van der Waals surface area contributed by atoms with Crippen molar-refractivity contribution < 1.29 is 10.2 Å². The van der Waals surface area contributed by atoms with Gasteiger partial charge in [0.15, 0.2) is 0 Å². The van der Waals surface area contributed by atoms with E-state index in [0.717, 1.165) is 5.56 Å². The van der Waals surface area contributed by atoms with Crippen LogP contribution in [0.4, 0.5) is 0 Å². The van der Waals surface area contributed by atoms with E-state index in [1.165, 1.54) is 0 Å². The molecule has 1 aromatic rings. The number of aliphatic hydroxyl groups is 1. The van der Waals surface area contributed by atoms with E-state index in [1.807, 2.05) is 19.1 Å². The van der Waals surface area contributed by atoms with E-state index >= 15 is 0 Å². The first-order valence-electron chi connectivity index (χ1n) is 4.45. The summed E-state index contributed by atoms with van der Waals surface area (Å²) >= 11 is 3.24. The molecule has 0 unspecified atom stereocenters. The third kappa shape index (κ3) is 3.29. The van der Waals surface area contributed by atoms with Gasteiger partial charge in [0.05, 0.1) is 11.1 Å². The van der Waals surface area contributed by atoms with E-state index in [1.54, 1.807) is 6.07 Å². The number of rotatable bonds is 4. The molecule has 14 heavy (non-hydrogen) atoms. The molecule has 3 nitrogen and oxygen atoms in total. The van der Waals surface area contributed by atoms with Crippen LogP contribution in [0.5, 0.6) is 5.75 Å². The lowest BCUT2D eigenvalue weighted by Gasteiger charge is -2.10. The Morgan fingerprint density at radius 1 is 1.50 bits per heavy atom. The summed E-state index contributed by atoms with van der Waals surface area (Å²) < 4.78 is 0.688. The maximum atomic E-state index is 9.26. The number of benzene rings is 1. The minimum atomic E-state index is 0.0857. The average Bonchev–Trinajstić information content (AvgIpc) is 2.19. The molecule has 0 amide bonds. The summed E-state index contributed by atoms with van der Waals surface area (Å²) in [4.78, 5) is 0. The molecule has 0 spiro atoms. The minimum absolute atomic E-state index is 0.0857. The maximum Gasteiger partial charge on any atom is 0.129 e. The predicted octanol–water partition coefficient (Wildman–Crippen LogP) is 1.63. The number of hydrogen-bond donors (Lipinski definition) is 3. The number of hydrogen-bond acceptors (Lipinski definition) is 3. The molecule has 0 radical (unpaired) electrons. The van der Waals surface area contributed by atoms with Gasteiger partial charge in [0.25, 0.3) is 0 Å². The van der Waals surface area contributed by atoms with Crippen molar-refractivity contribution in [1.29, 1.82) is 0 Å². The van der Waals surface area contributed by atoms with Crippen molar-refractivity contribution in [2.75, 3.05) is 6.61 Å². The molecule has 0 bridgehead atoms. The Balaban J connectivity index is 2.55. The average molecular weight is 260 g/mol. The zero-order chi connectivity index (χ0) is 10.6. The van der Waals surface area contributed by atoms with Crippen LogP contribution >= 0.6 is 15.9 Å². The fourth-order valence-corrected chi connectivity index (χ4v) is 1.44. The Labute approximate surface area is 91.9 Å². The molecule has 0 aliphatic carbocycles. The van der Waals surface area contributed by atoms with Crippen LogP contribution < -0.4 is 5.32 Å². The SMILES string of the molecule is C[C@H](CO)NCc1ccc(O)c(Br)c1. The summed E-state index contributed by atoms with van der Waals surface area (Å²) in [5, 5.41) is 21.2. The molecular weight excluding hydrogens is 246 g/mol. The predicted molar refractivity (Wildman–Crippen MR) is 59.2 cm³/mol. The van der Waals surface area contributed by atoms with E-state index < -0.39 is 0 Å². The molecule has 0 heterocycles. The van der Waals surface area contributed by atoms with Gasteiger partial charge in [-0.25, -0.2) is 0 Å². The summed E-state index contributed by atoms with van der Waals surface area (Å²) in [5.41, 5.74) is 1.06. The van der Waals surface area contributed by atoms with Crippen LogP contribution in [-0.4, -0.2) is 22.9 Å². The minimum Gasteiger partial charge on any atom is -0.507 e. The standard InChI is InChI=1S/C10H14BrNO2/c1-7(6-13)12-5-8-2-3-10(14)9(11)4-8/h2-4,7,12-14H,5-6H2,1H3/t7-/m1/s1. The maximum absolute atomic E-state index is 9.26. The van der Waals surface area contributed by atoms with E-state index in [9.17, 15) is 5.11 Å². The van der Waals surface area contributed by atoms with Gasteiger partial charge >= 0.3 is 0 Å². The topological polar surface area (TPSA) is 52.5 Å². The Morgan fingerprint density at radius 3 is 2.79 bits per heavy atom. The monoisotopic (exact) mass is 259 g/mol. The summed E-state index contributed by atoms with van der Waals surface area (Å²) in [7, 11) is 0. The number of halogens is 1. The van der Waals surface area contributed by atoms with Gasteiger partial charge < -0.3 is 15.5 Å². The molecule has 78 valence electrons. The van der Waals surface area contributed by atoms with Gasteiger partial charge in [0.1, 0.15) is 5.75 Å². The van der Waals surface area contributed by atoms with Crippen molar-refractivity contribution >= 4 is 15.9 Å². The zero-order valence-electron chi connectivity index (χ0n) is 8.00. The second kappa shape index (κ2) is 5.34. The first-order chi connectivity index (χ1) is 6.63. The summed E-state index contributed by atoms with van der Waals surface area (Å²) in [6, 6.07) is 5.43. The molecule has 3 N–H and O–H groups in total. The van der Waals surface area contributed by atoms with Crippen molar-refractivity contribution in [3.8, 4) is 5.75 Å². The van der Waals surface area contributed by atoms with Gasteiger partial charge in [0.2, 0.25) is 0 Å². The molecule has 0 aromatic heterocycles. The lowest BCUT2D eigenvalue weighted by molar-refractivity contribution is 0.251. The van der Waals surface area contributed by atoms with Gasteiger partial charge in [-0.05, 0) is 40.5 Å². The van der Waals surface area contributed by atoms with E-state index in [0.29, 0.717) is 11.0 Å². The number of phenols is 1. The lowest BCUT2D eigenvalue weighted by Crippen LogP contribution is -2.28. The summed E-state index contributed by atoms with van der Waals surface area (Å²) in [6.45, 7) is 2.72. The summed E-state index contributed by atoms with van der Waals surface area (Å²) in [6.07, 6.45) is 0. The van der Waals surface area contributed by atoms with Crippen molar-refractivity contribution in [1.82, 2.24) is 5.32 Å². The molecular formula is C10H14BrNO2. The third-order valence-electron chi connectivity index (χ3n) is 1.94. The van der Waals surface area contributed by atoms with Crippen molar-refractivity contribution in [3.63, 3.8) is 0 Å². The van der Waals surface area contributed by atoms with Crippen LogP contribution in [0, 0.1) is 0 Å². The molecule has 1 aromatic carbocycles. The highest BCUT2D eigenvalue weighted by Gasteiger charge is 2.01. The Morgan fingerprint density at radius 2 is 2.21 bits per heavy atom. The number of nitrogens with one attached hydrogen (secondary N) is 1. The van der Waals surface area contributed by atoms with Gasteiger partial charge in [-0.2, -0.15) is 0 Å². The van der Waals surface area contributed by atoms with Crippen molar-refractivity contribution in [2.45, 2.75) is 19.5 Å². The molecule has 0 aliphatic rings. The summed E-state index contributed by atoms with van der Waals surface area (Å²) in [5.74, 6) is 0.240. The first kappa shape index (κ1) is 11.5. The van der Waals surface area contributed by atoms with E-state index in [2.05, 4.69) is 21.2 Å². The highest BCUT2D eigenvalue weighted by Crippen LogP contribution is 2.24. The molecule has 0 saturated heterocycles. The Kier molecular flexibility index (Phi) is 4.38. The molecule has 4 heteroatoms. The molecule has 0 aliphatic heterocycles. The molecule has 0 fully saturated rings. The lowest BCUT2D eigenvalue weighted by atomic mass is 10.2. The normalized spacial score (nSPS) is 12.8. The third-order valence-corrected chi connectivity index (χ3v) is 2.58. The van der Waals surface area contributed by atoms with E-state index in [-0.39, 0.29) is 18.4 Å². The van der Waals surface area contributed by atoms with Crippen LogP contribution in [0.3, 0.4) is 0 Å². The fraction of sp³-hybridized carbons (Fsp3) is 0.400. The van der Waals surface area contributed by atoms with Crippen LogP contribution in [0.25, 0.3) is 0 Å². The highest BCUT2D eigenvalue weighted by atomic mass is 79.9. The van der Waals surface area contributed by atoms with Crippen molar-refractivity contribution in [2.24, 2.45) is 0 Å². The second-order valence-electron chi connectivity index (χ2n) is 3.25. The second-order valence-corrected chi connectivity index (χ2v) is 4.10. The quantitative estimate of drug-likeness (QED) is 0.771. The Hall–Kier alpha value is -0.580. The smallest absolute Gasteiger partial charge is 0.129 e. The molecule has 1 rings (SSSR count).